The Morgan fingerprint density at radius 2 is 2.04 bits per heavy atom. The summed E-state index contributed by atoms with van der Waals surface area (Å²) in [5.41, 5.74) is 10.3. The van der Waals surface area contributed by atoms with Crippen LogP contribution in [0.15, 0.2) is 52.1 Å². The average molecular weight is 517 g/mol. The number of rotatable bonds is 7. The summed E-state index contributed by atoms with van der Waals surface area (Å²) in [6.07, 6.45) is 0.131. The van der Waals surface area contributed by atoms with Gasteiger partial charge in [-0.05, 0) is 51.9 Å². The summed E-state index contributed by atoms with van der Waals surface area (Å²) in [5, 5.41) is 4.74. The first kappa shape index (κ1) is 19.7. The van der Waals surface area contributed by atoms with Gasteiger partial charge < -0.3 is 4.74 Å². The van der Waals surface area contributed by atoms with E-state index in [0.717, 1.165) is 13.6 Å². The first-order valence-electron chi connectivity index (χ1n) is 7.09. The number of azide groups is 1. The smallest absolute Gasteiger partial charge is 0.255 e. The van der Waals surface area contributed by atoms with Gasteiger partial charge in [0, 0.05) is 25.8 Å². The van der Waals surface area contributed by atoms with Crippen LogP contribution in [0.25, 0.3) is 10.4 Å². The van der Waals surface area contributed by atoms with Gasteiger partial charge in [0.2, 0.25) is 0 Å². The second kappa shape index (κ2) is 9.73. The van der Waals surface area contributed by atoms with Crippen LogP contribution in [0.3, 0.4) is 0 Å². The highest BCUT2D eigenvalue weighted by Gasteiger charge is 2.20. The summed E-state index contributed by atoms with van der Waals surface area (Å²) in [6.45, 7) is -0.0479. The molecule has 2 aromatic rings. The zero-order valence-corrected chi connectivity index (χ0v) is 17.0. The van der Waals surface area contributed by atoms with E-state index >= 15 is 0 Å². The van der Waals surface area contributed by atoms with Crippen LogP contribution in [0.1, 0.15) is 5.56 Å². The Morgan fingerprint density at radius 1 is 1.32 bits per heavy atom. The predicted molar refractivity (Wildman–Crippen MR) is 106 cm³/mol. The summed E-state index contributed by atoms with van der Waals surface area (Å²) in [7, 11) is 1.49. The van der Waals surface area contributed by atoms with Crippen molar-refractivity contribution in [2.24, 2.45) is 5.11 Å². The van der Waals surface area contributed by atoms with E-state index in [9.17, 15) is 4.79 Å². The van der Waals surface area contributed by atoms with E-state index in [0.29, 0.717) is 11.4 Å². The summed E-state index contributed by atoms with van der Waals surface area (Å²) in [4.78, 5) is 20.9. The molecule has 0 aromatic heterocycles. The summed E-state index contributed by atoms with van der Waals surface area (Å²) in [6, 6.07) is 12.3. The summed E-state index contributed by atoms with van der Waals surface area (Å²) < 4.78 is 6.69. The second-order valence-electron chi connectivity index (χ2n) is 4.85. The predicted octanol–water partition coefficient (Wildman–Crippen LogP) is 5.11. The standard InChI is InChI=1S/C16H14BrIN4O3/c1-24-10-25-22(15-7-4-12(17)9-14(15)18)16(23)8-11-2-5-13(6-3-11)20-21-19/h2-7,9H,8,10H2,1H3. The molecule has 9 heteroatoms. The third-order valence-electron chi connectivity index (χ3n) is 3.11. The molecule has 0 bridgehead atoms. The Morgan fingerprint density at radius 3 is 2.64 bits per heavy atom. The molecule has 25 heavy (non-hydrogen) atoms. The zero-order valence-electron chi connectivity index (χ0n) is 13.2. The van der Waals surface area contributed by atoms with Crippen molar-refractivity contribution in [2.45, 2.75) is 6.42 Å². The molecule has 0 spiro atoms. The van der Waals surface area contributed by atoms with Crippen molar-refractivity contribution in [1.82, 2.24) is 0 Å². The first-order valence-corrected chi connectivity index (χ1v) is 8.96. The topological polar surface area (TPSA) is 87.5 Å². The quantitative estimate of drug-likeness (QED) is 0.128. The van der Waals surface area contributed by atoms with Crippen LogP contribution in [0.5, 0.6) is 0 Å². The number of anilines is 1. The van der Waals surface area contributed by atoms with E-state index in [4.69, 9.17) is 15.1 Å². The lowest BCUT2D eigenvalue weighted by molar-refractivity contribution is -0.131. The van der Waals surface area contributed by atoms with Crippen LogP contribution in [0.2, 0.25) is 0 Å². The van der Waals surface area contributed by atoms with Gasteiger partial charge in [0.05, 0.1) is 12.1 Å². The fraction of sp³-hybridized carbons (Fsp3) is 0.188. The van der Waals surface area contributed by atoms with Crippen molar-refractivity contribution in [2.75, 3.05) is 19.0 Å². The van der Waals surface area contributed by atoms with Crippen molar-refractivity contribution >= 4 is 55.8 Å². The monoisotopic (exact) mass is 516 g/mol. The number of hydrogen-bond acceptors (Lipinski definition) is 4. The highest BCUT2D eigenvalue weighted by atomic mass is 127. The molecule has 0 aliphatic heterocycles. The van der Waals surface area contributed by atoms with Crippen molar-refractivity contribution in [3.63, 3.8) is 0 Å². The third kappa shape index (κ3) is 5.68. The Balaban J connectivity index is 2.21. The maximum Gasteiger partial charge on any atom is 0.255 e. The molecule has 0 aliphatic rings. The van der Waals surface area contributed by atoms with Crippen molar-refractivity contribution in [1.29, 1.82) is 0 Å². The van der Waals surface area contributed by atoms with Crippen LogP contribution < -0.4 is 5.06 Å². The number of halogens is 2. The molecule has 2 aromatic carbocycles. The molecule has 0 atom stereocenters. The second-order valence-corrected chi connectivity index (χ2v) is 6.93. The number of carbonyl (C=O) groups excluding carboxylic acids is 1. The molecule has 0 fully saturated rings. The van der Waals surface area contributed by atoms with E-state index in [-0.39, 0.29) is 19.1 Å². The fourth-order valence-corrected chi connectivity index (χ4v) is 3.53. The summed E-state index contributed by atoms with van der Waals surface area (Å²) in [5.74, 6) is -0.242. The third-order valence-corrected chi connectivity index (χ3v) is 4.46. The van der Waals surface area contributed by atoms with E-state index in [1.807, 2.05) is 12.1 Å². The lowest BCUT2D eigenvalue weighted by Crippen LogP contribution is -2.33. The minimum absolute atomic E-state index is 0.0479. The molecule has 0 saturated carbocycles. The number of hydroxylamine groups is 1. The molecule has 2 rings (SSSR count). The van der Waals surface area contributed by atoms with Crippen molar-refractivity contribution < 1.29 is 14.4 Å². The van der Waals surface area contributed by atoms with Crippen LogP contribution in [0, 0.1) is 3.57 Å². The molecule has 0 saturated heterocycles. The zero-order chi connectivity index (χ0) is 18.2. The highest BCUT2D eigenvalue weighted by Crippen LogP contribution is 2.27. The van der Waals surface area contributed by atoms with Gasteiger partial charge in [0.25, 0.3) is 5.91 Å². The number of hydrogen-bond donors (Lipinski definition) is 0. The van der Waals surface area contributed by atoms with Crippen LogP contribution in [-0.4, -0.2) is 19.8 Å². The minimum atomic E-state index is -0.242. The van der Waals surface area contributed by atoms with Gasteiger partial charge in [-0.1, -0.05) is 45.3 Å². The van der Waals surface area contributed by atoms with E-state index in [1.165, 1.54) is 12.2 Å². The maximum atomic E-state index is 12.7. The van der Waals surface area contributed by atoms with Gasteiger partial charge in [-0.15, -0.1) is 0 Å². The van der Waals surface area contributed by atoms with Gasteiger partial charge in [-0.25, -0.2) is 4.84 Å². The number of amides is 1. The molecule has 0 unspecified atom stereocenters. The molecule has 0 N–H and O–H groups in total. The number of ether oxygens (including phenoxy) is 1. The van der Waals surface area contributed by atoms with Gasteiger partial charge in [0.15, 0.2) is 6.79 Å². The Hall–Kier alpha value is -1.65. The lowest BCUT2D eigenvalue weighted by Gasteiger charge is -2.22. The van der Waals surface area contributed by atoms with Crippen molar-refractivity contribution in [3.8, 4) is 0 Å². The molecule has 130 valence electrons. The molecular weight excluding hydrogens is 503 g/mol. The normalized spacial score (nSPS) is 10.2. The number of carbonyl (C=O) groups is 1. The van der Waals surface area contributed by atoms with E-state index < -0.39 is 0 Å². The lowest BCUT2D eigenvalue weighted by atomic mass is 10.1. The van der Waals surface area contributed by atoms with Gasteiger partial charge in [-0.3, -0.25) is 4.79 Å². The van der Waals surface area contributed by atoms with E-state index in [2.05, 4.69) is 48.5 Å². The van der Waals surface area contributed by atoms with Gasteiger partial charge in [-0.2, -0.15) is 5.06 Å². The summed E-state index contributed by atoms with van der Waals surface area (Å²) >= 11 is 5.54. The SMILES string of the molecule is COCON(C(=O)Cc1ccc(N=[N+]=[N-])cc1)c1ccc(Br)cc1I. The maximum absolute atomic E-state index is 12.7. The molecule has 0 heterocycles. The van der Waals surface area contributed by atoms with Crippen LogP contribution in [0.4, 0.5) is 11.4 Å². The molecule has 1 amide bonds. The van der Waals surface area contributed by atoms with Crippen LogP contribution >= 0.6 is 38.5 Å². The largest absolute Gasteiger partial charge is 0.356 e. The number of methoxy groups -OCH3 is 1. The van der Waals surface area contributed by atoms with Gasteiger partial charge >= 0.3 is 0 Å². The minimum Gasteiger partial charge on any atom is -0.356 e. The average Bonchev–Trinajstić information content (AvgIpc) is 2.59. The van der Waals surface area contributed by atoms with Crippen molar-refractivity contribution in [3.05, 3.63) is 66.5 Å². The first-order chi connectivity index (χ1) is 12.0. The Bertz CT molecular complexity index is 794. The van der Waals surface area contributed by atoms with Gasteiger partial charge in [0.1, 0.15) is 0 Å². The molecule has 7 nitrogen and oxygen atoms in total. The van der Waals surface area contributed by atoms with E-state index in [1.54, 1.807) is 30.3 Å². The van der Waals surface area contributed by atoms with Crippen LogP contribution in [-0.2, 0) is 20.8 Å². The fourth-order valence-electron chi connectivity index (χ4n) is 2.01. The Labute approximate surface area is 166 Å². The molecule has 0 radical (unpaired) electrons. The number of benzene rings is 2. The highest BCUT2D eigenvalue weighted by molar-refractivity contribution is 14.1. The number of nitrogens with zero attached hydrogens (tertiary/aromatic N) is 4. The molecular formula is C16H14BrIN4O3. The Kier molecular flexibility index (Phi) is 7.66. The molecule has 0 aliphatic carbocycles.